The Hall–Kier alpha value is -0.842. The second kappa shape index (κ2) is 105. The van der Waals surface area contributed by atoms with Crippen LogP contribution in [0, 0.1) is 0 Å². The summed E-state index contributed by atoms with van der Waals surface area (Å²) < 4.78 is 0. The second-order valence-corrected chi connectivity index (χ2v) is 9.90. The van der Waals surface area contributed by atoms with E-state index in [9.17, 15) is 30.6 Å². The van der Waals surface area contributed by atoms with Gasteiger partial charge in [-0.1, -0.05) is 0 Å². The minimum Gasteiger partial charge on any atom is -0.854 e. The van der Waals surface area contributed by atoms with Crippen LogP contribution in [0.3, 0.4) is 0 Å². The smallest absolute Gasteiger partial charge is 0.854 e. The fourth-order valence-electron chi connectivity index (χ4n) is 2.96. The van der Waals surface area contributed by atoms with Gasteiger partial charge >= 0.3 is 68.3 Å². The van der Waals surface area contributed by atoms with Gasteiger partial charge in [0.1, 0.15) is 0 Å². The molecule has 2 radical (unpaired) electrons. The topological polar surface area (TPSA) is 562 Å². The Balaban J connectivity index is -0.0000000297. The van der Waals surface area contributed by atoms with Crippen LogP contribution in [0.2, 0.25) is 0 Å². The van der Waals surface area contributed by atoms with Crippen molar-refractivity contribution in [3.05, 3.63) is 0 Å². The summed E-state index contributed by atoms with van der Waals surface area (Å²) in [4.78, 5) is 42.3. The van der Waals surface area contributed by atoms with Gasteiger partial charge in [0.25, 0.3) is 0 Å². The summed E-state index contributed by atoms with van der Waals surface area (Å²) >= 11 is 0. The van der Waals surface area contributed by atoms with Crippen molar-refractivity contribution in [2.75, 3.05) is 158 Å². The number of carbonyl (C=O) groups is 4. The largest absolute Gasteiger partial charge is 3.00 e. The van der Waals surface area contributed by atoms with E-state index in [-0.39, 0.29) is 169 Å². The number of hydrogen-bond donors (Lipinski definition) is 6. The molecule has 32 heteroatoms. The van der Waals surface area contributed by atoms with Gasteiger partial charge in [-0.25, -0.2) is 0 Å². The van der Waals surface area contributed by atoms with Crippen molar-refractivity contribution in [1.29, 1.82) is 0 Å². The zero-order valence-electron chi connectivity index (χ0n) is 36.8. The molecule has 0 saturated heterocycles. The molecule has 0 atom stereocenters. The van der Waals surface area contributed by atoms with E-state index in [4.69, 9.17) is 70.2 Å². The zero-order chi connectivity index (χ0) is 45.6. The van der Waals surface area contributed by atoms with Crippen LogP contribution < -0.4 is 51.1 Å². The van der Waals surface area contributed by atoms with Gasteiger partial charge in [0, 0.05) is 63.1 Å². The molecule has 0 aromatic carbocycles. The van der Waals surface area contributed by atoms with Crippen LogP contribution in [-0.2, 0) is 98.4 Å². The molecule has 0 aliphatic carbocycles. The predicted molar refractivity (Wildman–Crippen MR) is 197 cm³/mol. The Morgan fingerprint density at radius 3 is 0.469 bits per heavy atom. The molecule has 0 fully saturated rings. The van der Waals surface area contributed by atoms with Crippen LogP contribution in [0.4, 0.5) is 0 Å². The van der Waals surface area contributed by atoms with Crippen molar-refractivity contribution in [2.24, 2.45) is 0 Å². The van der Waals surface area contributed by atoms with E-state index in [1.165, 1.54) is 0 Å². The SMILES string of the molecule is CC(=O)[O-].CC(=O)[O-].CC(=O)[O-].CC(=O)[O-].O.O.[Mn+2].[Mn+2].[Mn+3].[Mn+3].[O-]CCN(CCO)CCO.[O-]CCN(CCO)CCO.[O-]CCN(CC[O-])CCO.[O-]CCN(CC[O-])CCO.[OH3+].[OH3+]. The minimum absolute atomic E-state index is 0. The molecular formula is C32H76Mn4N4O24+2. The summed E-state index contributed by atoms with van der Waals surface area (Å²) in [5.74, 6) is -4.33. The second-order valence-electron chi connectivity index (χ2n) is 9.90. The van der Waals surface area contributed by atoms with Gasteiger partial charge < -0.3 is 142 Å². The number of hydrogen-bond acceptors (Lipinski definition) is 24. The molecule has 0 aliphatic heterocycles. The fraction of sp³-hybridized carbons (Fsp3) is 0.875. The summed E-state index contributed by atoms with van der Waals surface area (Å²) in [6.07, 6.45) is 0. The third kappa shape index (κ3) is 179. The maximum Gasteiger partial charge on any atom is 3.00 e. The van der Waals surface area contributed by atoms with Crippen molar-refractivity contribution < 1.29 is 191 Å². The van der Waals surface area contributed by atoms with E-state index in [1.54, 1.807) is 19.6 Å². The van der Waals surface area contributed by atoms with E-state index in [0.717, 1.165) is 27.7 Å². The summed E-state index contributed by atoms with van der Waals surface area (Å²) in [7, 11) is 0. The summed E-state index contributed by atoms with van der Waals surface area (Å²) in [5, 5.41) is 147. The Kier molecular flexibility index (Phi) is 179. The van der Waals surface area contributed by atoms with Gasteiger partial charge in [0.05, 0.1) is 39.6 Å². The molecule has 0 rings (SSSR count). The number of carboxylic acid groups (broad SMARTS) is 4. The van der Waals surface area contributed by atoms with Crippen molar-refractivity contribution in [3.63, 3.8) is 0 Å². The third-order valence-corrected chi connectivity index (χ3v) is 4.94. The Bertz CT molecular complexity index is 598. The van der Waals surface area contributed by atoms with Gasteiger partial charge in [-0.2, -0.15) is 0 Å². The van der Waals surface area contributed by atoms with Crippen LogP contribution in [0.5, 0.6) is 0 Å². The number of carbonyl (C=O) groups excluding carboxylic acids is 4. The Morgan fingerprint density at radius 1 is 0.328 bits per heavy atom. The third-order valence-electron chi connectivity index (χ3n) is 4.94. The molecule has 0 aromatic heterocycles. The molecule has 0 heterocycles. The number of aliphatic hydroxyl groups is 6. The first-order valence-electron chi connectivity index (χ1n) is 17.1. The Labute approximate surface area is 418 Å². The van der Waals surface area contributed by atoms with Gasteiger partial charge in [0.2, 0.25) is 0 Å². The van der Waals surface area contributed by atoms with E-state index in [0.29, 0.717) is 78.5 Å². The maximum absolute atomic E-state index is 10.1. The number of rotatable bonds is 24. The van der Waals surface area contributed by atoms with Crippen LogP contribution >= 0.6 is 0 Å². The monoisotopic (exact) mass is 1120 g/mol. The van der Waals surface area contributed by atoms with Crippen LogP contribution in [0.25, 0.3) is 0 Å². The molecule has 0 aromatic rings. The number of nitrogens with zero attached hydrogens (tertiary/aromatic N) is 4. The molecule has 64 heavy (non-hydrogen) atoms. The van der Waals surface area contributed by atoms with E-state index in [1.807, 2.05) is 0 Å². The van der Waals surface area contributed by atoms with E-state index >= 15 is 0 Å². The first-order valence-corrected chi connectivity index (χ1v) is 17.1. The normalized spacial score (nSPS) is 8.31. The fourth-order valence-corrected chi connectivity index (χ4v) is 2.96. The predicted octanol–water partition coefficient (Wildman–Crippen LogP) is -19.2. The van der Waals surface area contributed by atoms with Crippen LogP contribution in [0.15, 0.2) is 0 Å². The zero-order valence-corrected chi connectivity index (χ0v) is 41.5. The standard InChI is InChI=1S/2C6H14NO3.2C6H13NO3.4C2H4O2.4Mn.4H2O/c4*8-4-1-7(2-5-9)3-6-10;4*1-2(3)4;;;;;;;;/h2*8-9H,1-6H2;2*8H,1-6H2;4*1H3,(H,3,4);;;;;4*1H2/q2*-1;2*-2;;;;;2*+2;2*+3;;;;/p-2. The molecule has 0 unspecified atom stereocenters. The summed E-state index contributed by atoms with van der Waals surface area (Å²) in [5.41, 5.74) is 0. The summed E-state index contributed by atoms with van der Waals surface area (Å²) in [6, 6.07) is 0. The van der Waals surface area contributed by atoms with Gasteiger partial charge in [0.15, 0.2) is 0 Å². The number of carboxylic acids is 4. The van der Waals surface area contributed by atoms with E-state index < -0.39 is 23.9 Å². The van der Waals surface area contributed by atoms with Crippen LogP contribution in [-0.4, -0.2) is 243 Å². The molecule has 0 amide bonds. The molecule has 0 aliphatic rings. The maximum atomic E-state index is 10.1. The van der Waals surface area contributed by atoms with Crippen molar-refractivity contribution in [2.45, 2.75) is 27.7 Å². The van der Waals surface area contributed by atoms with E-state index in [2.05, 4.69) is 0 Å². The molecule has 0 bridgehead atoms. The van der Waals surface area contributed by atoms with Gasteiger partial charge in [-0.3, -0.25) is 0 Å². The molecular weight excluding hydrogens is 1040 g/mol. The number of aliphatic hydroxyl groups excluding tert-OH is 6. The van der Waals surface area contributed by atoms with Crippen molar-refractivity contribution >= 4 is 23.9 Å². The Morgan fingerprint density at radius 2 is 0.406 bits per heavy atom. The first kappa shape index (κ1) is 110. The molecule has 394 valence electrons. The first-order chi connectivity index (χ1) is 26.3. The van der Waals surface area contributed by atoms with Crippen LogP contribution in [0.1, 0.15) is 27.7 Å². The van der Waals surface area contributed by atoms with Gasteiger partial charge in [-0.05, 0) is 67.0 Å². The average molecular weight is 1120 g/mol. The summed E-state index contributed by atoms with van der Waals surface area (Å²) in [6.45, 7) is 7.92. The van der Waals surface area contributed by atoms with Crippen molar-refractivity contribution in [3.8, 4) is 0 Å². The van der Waals surface area contributed by atoms with Gasteiger partial charge in [-0.15, -0.1) is 39.6 Å². The molecule has 16 N–H and O–H groups in total. The molecule has 0 saturated carbocycles. The minimum atomic E-state index is -1.08. The molecule has 28 nitrogen and oxygen atoms in total. The average Bonchev–Trinajstić information content (AvgIpc) is 3.06. The number of aliphatic carboxylic acids is 4. The van der Waals surface area contributed by atoms with Crippen molar-refractivity contribution in [1.82, 2.24) is 19.6 Å². The molecule has 0 spiro atoms. The quantitative estimate of drug-likeness (QED) is 0.0386.